The van der Waals surface area contributed by atoms with Crippen LogP contribution in [0.25, 0.3) is 11.3 Å². The van der Waals surface area contributed by atoms with Crippen molar-refractivity contribution < 1.29 is 4.79 Å². The van der Waals surface area contributed by atoms with Crippen molar-refractivity contribution in [2.75, 3.05) is 5.32 Å². The highest BCUT2D eigenvalue weighted by Gasteiger charge is 2.25. The Kier molecular flexibility index (Phi) is 5.30. The lowest BCUT2D eigenvalue weighted by atomic mass is 9.89. The molecule has 29 heavy (non-hydrogen) atoms. The van der Waals surface area contributed by atoms with E-state index in [1.165, 1.54) is 4.68 Å². The minimum atomic E-state index is -0.711. The summed E-state index contributed by atoms with van der Waals surface area (Å²) in [6.45, 7) is 3.67. The molecule has 5 nitrogen and oxygen atoms in total. The summed E-state index contributed by atoms with van der Waals surface area (Å²) < 4.78 is 1.36. The Morgan fingerprint density at radius 3 is 2.38 bits per heavy atom. The van der Waals surface area contributed by atoms with Gasteiger partial charge in [-0.05, 0) is 56.7 Å². The van der Waals surface area contributed by atoms with Crippen LogP contribution in [0, 0.1) is 6.92 Å². The second kappa shape index (κ2) is 8.03. The van der Waals surface area contributed by atoms with Gasteiger partial charge in [0.15, 0.2) is 0 Å². The fourth-order valence-corrected chi connectivity index (χ4v) is 3.91. The van der Waals surface area contributed by atoms with Gasteiger partial charge >= 0.3 is 0 Å². The molecule has 2 aromatic carbocycles. The molecule has 1 aliphatic rings. The predicted molar refractivity (Wildman–Crippen MR) is 115 cm³/mol. The summed E-state index contributed by atoms with van der Waals surface area (Å²) in [7, 11) is 0. The van der Waals surface area contributed by atoms with Crippen LogP contribution in [0.2, 0.25) is 0 Å². The van der Waals surface area contributed by atoms with E-state index < -0.39 is 6.04 Å². The van der Waals surface area contributed by atoms with Gasteiger partial charge in [-0.3, -0.25) is 9.59 Å². The van der Waals surface area contributed by atoms with Crippen molar-refractivity contribution in [3.63, 3.8) is 0 Å². The summed E-state index contributed by atoms with van der Waals surface area (Å²) >= 11 is 0. The van der Waals surface area contributed by atoms with Crippen LogP contribution in [0.3, 0.4) is 0 Å². The SMILES string of the molecule is Cc1ccccc1NC(=O)[C@@H](C)n1nc(-c2ccccc2)c2c(c1=O)CCCC2. The Balaban J connectivity index is 1.76. The van der Waals surface area contributed by atoms with Crippen LogP contribution >= 0.6 is 0 Å². The van der Waals surface area contributed by atoms with E-state index in [2.05, 4.69) is 10.4 Å². The highest BCUT2D eigenvalue weighted by atomic mass is 16.2. The number of rotatable bonds is 4. The molecule has 1 atom stereocenters. The quantitative estimate of drug-likeness (QED) is 0.726. The zero-order valence-electron chi connectivity index (χ0n) is 16.8. The predicted octanol–water partition coefficient (Wildman–Crippen LogP) is 4.30. The van der Waals surface area contributed by atoms with Crippen LogP contribution in [-0.2, 0) is 17.6 Å². The topological polar surface area (TPSA) is 64.0 Å². The second-order valence-electron chi connectivity index (χ2n) is 7.61. The number of hydrogen-bond acceptors (Lipinski definition) is 3. The maximum Gasteiger partial charge on any atom is 0.271 e. The summed E-state index contributed by atoms with van der Waals surface area (Å²) in [5, 5.41) is 7.62. The second-order valence-corrected chi connectivity index (χ2v) is 7.61. The van der Waals surface area contributed by atoms with Crippen molar-refractivity contribution in [1.29, 1.82) is 0 Å². The van der Waals surface area contributed by atoms with E-state index in [0.29, 0.717) is 0 Å². The summed E-state index contributed by atoms with van der Waals surface area (Å²) in [6.07, 6.45) is 3.64. The number of carbonyl (C=O) groups excluding carboxylic acids is 1. The summed E-state index contributed by atoms with van der Waals surface area (Å²) in [5.41, 5.74) is 5.21. The monoisotopic (exact) mass is 387 g/mol. The molecular weight excluding hydrogens is 362 g/mol. The van der Waals surface area contributed by atoms with Gasteiger partial charge in [0.25, 0.3) is 5.56 Å². The van der Waals surface area contributed by atoms with Crippen molar-refractivity contribution in [3.8, 4) is 11.3 Å². The van der Waals surface area contributed by atoms with Gasteiger partial charge in [0.05, 0.1) is 5.69 Å². The fourth-order valence-electron chi connectivity index (χ4n) is 3.91. The third-order valence-electron chi connectivity index (χ3n) is 5.62. The number of nitrogens with zero attached hydrogens (tertiary/aromatic N) is 2. The van der Waals surface area contributed by atoms with Crippen molar-refractivity contribution >= 4 is 11.6 Å². The van der Waals surface area contributed by atoms with Gasteiger partial charge in [0.2, 0.25) is 5.91 Å². The third kappa shape index (κ3) is 3.73. The van der Waals surface area contributed by atoms with E-state index in [9.17, 15) is 9.59 Å². The molecule has 1 N–H and O–H groups in total. The van der Waals surface area contributed by atoms with Crippen molar-refractivity contribution in [3.05, 3.63) is 81.6 Å². The van der Waals surface area contributed by atoms with Crippen LogP contribution in [0.5, 0.6) is 0 Å². The first kappa shape index (κ1) is 19.1. The number of fused-ring (bicyclic) bond motifs is 1. The van der Waals surface area contributed by atoms with E-state index in [1.54, 1.807) is 6.92 Å². The molecule has 0 radical (unpaired) electrons. The van der Waals surface area contributed by atoms with Gasteiger partial charge in [-0.2, -0.15) is 5.10 Å². The molecular formula is C24H25N3O2. The lowest BCUT2D eigenvalue weighted by Crippen LogP contribution is -2.37. The van der Waals surface area contributed by atoms with Gasteiger partial charge in [-0.25, -0.2) is 4.68 Å². The molecule has 0 saturated heterocycles. The molecule has 4 rings (SSSR count). The van der Waals surface area contributed by atoms with Gasteiger partial charge in [-0.1, -0.05) is 48.5 Å². The Morgan fingerprint density at radius 2 is 1.66 bits per heavy atom. The van der Waals surface area contributed by atoms with E-state index >= 15 is 0 Å². The molecule has 3 aromatic rings. The number of anilines is 1. The zero-order valence-corrected chi connectivity index (χ0v) is 16.8. The molecule has 0 fully saturated rings. The van der Waals surface area contributed by atoms with Crippen molar-refractivity contribution in [1.82, 2.24) is 9.78 Å². The Bertz CT molecular complexity index is 1100. The molecule has 1 heterocycles. The summed E-state index contributed by atoms with van der Waals surface area (Å²) in [5.74, 6) is -0.247. The lowest BCUT2D eigenvalue weighted by molar-refractivity contribution is -0.119. The number of amides is 1. The van der Waals surface area contributed by atoms with Crippen LogP contribution < -0.4 is 10.9 Å². The molecule has 1 amide bonds. The third-order valence-corrected chi connectivity index (χ3v) is 5.62. The van der Waals surface area contributed by atoms with Crippen LogP contribution in [0.1, 0.15) is 42.5 Å². The minimum Gasteiger partial charge on any atom is -0.324 e. The van der Waals surface area contributed by atoms with E-state index in [4.69, 9.17) is 0 Å². The fraction of sp³-hybridized carbons (Fsp3) is 0.292. The number of para-hydroxylation sites is 1. The molecule has 0 unspecified atom stereocenters. The molecule has 5 heteroatoms. The van der Waals surface area contributed by atoms with Crippen molar-refractivity contribution in [2.24, 2.45) is 0 Å². The van der Waals surface area contributed by atoms with Gasteiger partial charge in [0.1, 0.15) is 6.04 Å². The molecule has 0 saturated carbocycles. The van der Waals surface area contributed by atoms with Gasteiger partial charge < -0.3 is 5.32 Å². The number of aryl methyl sites for hydroxylation is 1. The van der Waals surface area contributed by atoms with Gasteiger partial charge in [0, 0.05) is 16.8 Å². The summed E-state index contributed by atoms with van der Waals surface area (Å²) in [4.78, 5) is 26.1. The number of aromatic nitrogens is 2. The van der Waals surface area contributed by atoms with E-state index in [0.717, 1.165) is 59.3 Å². The highest BCUT2D eigenvalue weighted by Crippen LogP contribution is 2.28. The largest absolute Gasteiger partial charge is 0.324 e. The standard InChI is InChI=1S/C24H25N3O2/c1-16-10-6-9-15-21(16)25-23(28)17(2)27-24(29)20-14-8-7-13-19(20)22(26-27)18-11-4-3-5-12-18/h3-6,9-12,15,17H,7-8,13-14H2,1-2H3,(H,25,28)/t17-/m1/s1. The van der Waals surface area contributed by atoms with E-state index in [-0.39, 0.29) is 11.5 Å². The molecule has 1 aromatic heterocycles. The maximum atomic E-state index is 13.2. The first-order valence-electron chi connectivity index (χ1n) is 10.1. The van der Waals surface area contributed by atoms with E-state index in [1.807, 2.05) is 61.5 Å². The highest BCUT2D eigenvalue weighted by molar-refractivity contribution is 5.94. The Morgan fingerprint density at radius 1 is 1.00 bits per heavy atom. The van der Waals surface area contributed by atoms with Gasteiger partial charge in [-0.15, -0.1) is 0 Å². The zero-order chi connectivity index (χ0) is 20.4. The minimum absolute atomic E-state index is 0.146. The molecule has 1 aliphatic carbocycles. The smallest absolute Gasteiger partial charge is 0.271 e. The number of nitrogens with one attached hydrogen (secondary N) is 1. The molecule has 148 valence electrons. The molecule has 0 bridgehead atoms. The van der Waals surface area contributed by atoms with Crippen molar-refractivity contribution in [2.45, 2.75) is 45.6 Å². The van der Waals surface area contributed by atoms with Crippen LogP contribution in [-0.4, -0.2) is 15.7 Å². The number of hydrogen-bond donors (Lipinski definition) is 1. The average molecular weight is 387 g/mol. The Labute approximate surface area is 170 Å². The lowest BCUT2D eigenvalue weighted by Gasteiger charge is -2.22. The number of carbonyl (C=O) groups is 1. The Hall–Kier alpha value is -3.21. The first-order valence-corrected chi connectivity index (χ1v) is 10.1. The summed E-state index contributed by atoms with van der Waals surface area (Å²) in [6, 6.07) is 16.8. The molecule has 0 aliphatic heterocycles. The normalized spacial score (nSPS) is 14.1. The van der Waals surface area contributed by atoms with Crippen LogP contribution in [0.15, 0.2) is 59.4 Å². The maximum absolute atomic E-state index is 13.2. The molecule has 0 spiro atoms. The number of benzene rings is 2. The first-order chi connectivity index (χ1) is 14.1. The van der Waals surface area contributed by atoms with Crippen LogP contribution in [0.4, 0.5) is 5.69 Å². The average Bonchev–Trinajstić information content (AvgIpc) is 2.76.